The summed E-state index contributed by atoms with van der Waals surface area (Å²) < 4.78 is 12.5. The third-order valence-corrected chi connectivity index (χ3v) is 8.12. The Labute approximate surface area is 228 Å². The molecule has 3 aromatic carbocycles. The van der Waals surface area contributed by atoms with Crippen LogP contribution in [0, 0.1) is 0 Å². The highest BCUT2D eigenvalue weighted by Crippen LogP contribution is 2.37. The Kier molecular flexibility index (Phi) is 5.34. The van der Waals surface area contributed by atoms with E-state index in [0.717, 1.165) is 60.7 Å². The van der Waals surface area contributed by atoms with Gasteiger partial charge in [-0.2, -0.15) is 0 Å². The molecule has 7 rings (SSSR count). The maximum atomic E-state index is 6.25. The van der Waals surface area contributed by atoms with Gasteiger partial charge in [-0.25, -0.2) is 9.97 Å². The first-order valence-electron chi connectivity index (χ1n) is 13.3. The highest BCUT2D eigenvalue weighted by atomic mass is 16.7. The molecule has 1 aliphatic rings. The molecule has 0 aliphatic carbocycles. The number of aromatic nitrogens is 3. The van der Waals surface area contributed by atoms with E-state index in [4.69, 9.17) is 19.3 Å². The zero-order valence-electron chi connectivity index (χ0n) is 22.5. The second-order valence-corrected chi connectivity index (χ2v) is 11.2. The first-order valence-corrected chi connectivity index (χ1v) is 13.3. The van der Waals surface area contributed by atoms with Gasteiger partial charge in [-0.05, 0) is 68.9 Å². The van der Waals surface area contributed by atoms with Crippen LogP contribution in [-0.2, 0) is 9.31 Å². The van der Waals surface area contributed by atoms with Gasteiger partial charge < -0.3 is 9.31 Å². The Morgan fingerprint density at radius 2 is 1.23 bits per heavy atom. The molecule has 0 N–H and O–H groups in total. The van der Waals surface area contributed by atoms with Crippen LogP contribution in [-0.4, -0.2) is 33.3 Å². The Hall–Kier alpha value is -4.13. The minimum atomic E-state index is -0.391. The molecule has 0 bridgehead atoms. The van der Waals surface area contributed by atoms with E-state index in [1.165, 1.54) is 0 Å². The third-order valence-electron chi connectivity index (χ3n) is 8.12. The van der Waals surface area contributed by atoms with Crippen LogP contribution in [0.15, 0.2) is 97.2 Å². The molecule has 0 atom stereocenters. The van der Waals surface area contributed by atoms with Crippen molar-refractivity contribution < 1.29 is 9.31 Å². The number of benzene rings is 3. The zero-order chi connectivity index (χ0) is 26.8. The monoisotopic (exact) mass is 509 g/mol. The average molecular weight is 509 g/mol. The molecule has 6 aromatic rings. The lowest BCUT2D eigenvalue weighted by Crippen LogP contribution is -2.41. The van der Waals surface area contributed by atoms with Gasteiger partial charge in [0.2, 0.25) is 0 Å². The summed E-state index contributed by atoms with van der Waals surface area (Å²) in [6, 6.07) is 31.2. The van der Waals surface area contributed by atoms with E-state index in [1.807, 2.05) is 18.3 Å². The molecule has 6 heteroatoms. The van der Waals surface area contributed by atoms with Crippen LogP contribution in [0.2, 0.25) is 0 Å². The molecular weight excluding hydrogens is 481 g/mol. The van der Waals surface area contributed by atoms with Crippen LogP contribution in [0.1, 0.15) is 27.7 Å². The molecule has 0 radical (unpaired) electrons. The number of hydrogen-bond acceptors (Lipinski definition) is 5. The summed E-state index contributed by atoms with van der Waals surface area (Å²) in [5.74, 6) is 0. The van der Waals surface area contributed by atoms with Gasteiger partial charge in [0.1, 0.15) is 0 Å². The van der Waals surface area contributed by atoms with Gasteiger partial charge in [0.05, 0.1) is 39.1 Å². The van der Waals surface area contributed by atoms with Crippen molar-refractivity contribution in [3.05, 3.63) is 97.2 Å². The standard InChI is InChI=1S/C33H28BN3O2/c1-32(2)33(3,4)39-34(38-32)26-14-17-28-25(20-26)13-16-27(36-28)23-7-5-8-24(19-23)29-15-12-22-11-10-21-9-6-18-35-30(21)31(22)37-29/h5-20H,1-4H3. The Morgan fingerprint density at radius 3 is 1.97 bits per heavy atom. The normalized spacial score (nSPS) is 16.4. The minimum Gasteiger partial charge on any atom is -0.399 e. The smallest absolute Gasteiger partial charge is 0.399 e. The van der Waals surface area contributed by atoms with E-state index in [1.54, 1.807) is 0 Å². The van der Waals surface area contributed by atoms with E-state index < -0.39 is 7.12 Å². The topological polar surface area (TPSA) is 57.1 Å². The van der Waals surface area contributed by atoms with Gasteiger partial charge in [-0.1, -0.05) is 60.7 Å². The molecule has 0 spiro atoms. The molecular formula is C33H28BN3O2. The summed E-state index contributed by atoms with van der Waals surface area (Å²) in [6.07, 6.45) is 1.82. The first kappa shape index (κ1) is 24.0. The molecule has 1 aliphatic heterocycles. The van der Waals surface area contributed by atoms with Gasteiger partial charge in [0.15, 0.2) is 0 Å². The fraction of sp³-hybridized carbons (Fsp3) is 0.182. The number of rotatable bonds is 3. The van der Waals surface area contributed by atoms with E-state index in [9.17, 15) is 0 Å². The summed E-state index contributed by atoms with van der Waals surface area (Å²) in [5.41, 5.74) is 6.94. The van der Waals surface area contributed by atoms with Gasteiger partial charge >= 0.3 is 7.12 Å². The number of hydrogen-bond donors (Lipinski definition) is 0. The van der Waals surface area contributed by atoms with E-state index >= 15 is 0 Å². The molecule has 190 valence electrons. The van der Waals surface area contributed by atoms with Gasteiger partial charge in [0.25, 0.3) is 0 Å². The number of fused-ring (bicyclic) bond motifs is 4. The summed E-state index contributed by atoms with van der Waals surface area (Å²) in [6.45, 7) is 8.29. The van der Waals surface area contributed by atoms with Crippen molar-refractivity contribution in [1.82, 2.24) is 15.0 Å². The van der Waals surface area contributed by atoms with E-state index in [-0.39, 0.29) is 11.2 Å². The van der Waals surface area contributed by atoms with Crippen molar-refractivity contribution in [2.24, 2.45) is 0 Å². The molecule has 0 saturated carbocycles. The Morgan fingerprint density at radius 1 is 0.590 bits per heavy atom. The predicted octanol–water partition coefficient (Wildman–Crippen LogP) is 6.96. The SMILES string of the molecule is CC1(C)OB(c2ccc3nc(-c4cccc(-c5ccc6ccc7cccnc7c6n5)c4)ccc3c2)OC1(C)C. The Bertz CT molecular complexity index is 1880. The molecule has 0 amide bonds. The quantitative estimate of drug-likeness (QED) is 0.191. The molecule has 1 saturated heterocycles. The molecule has 0 unspecified atom stereocenters. The maximum Gasteiger partial charge on any atom is 0.494 e. The lowest BCUT2D eigenvalue weighted by molar-refractivity contribution is 0.00578. The lowest BCUT2D eigenvalue weighted by Gasteiger charge is -2.32. The van der Waals surface area contributed by atoms with E-state index in [2.05, 4.69) is 112 Å². The van der Waals surface area contributed by atoms with Crippen molar-refractivity contribution in [3.63, 3.8) is 0 Å². The number of nitrogens with zero attached hydrogens (tertiary/aromatic N) is 3. The van der Waals surface area contributed by atoms with Crippen LogP contribution >= 0.6 is 0 Å². The molecule has 1 fully saturated rings. The Balaban J connectivity index is 1.23. The van der Waals surface area contributed by atoms with Crippen molar-refractivity contribution in [2.75, 3.05) is 0 Å². The van der Waals surface area contributed by atoms with Crippen LogP contribution in [0.25, 0.3) is 55.2 Å². The van der Waals surface area contributed by atoms with Crippen molar-refractivity contribution in [3.8, 4) is 22.5 Å². The second-order valence-electron chi connectivity index (χ2n) is 11.2. The fourth-order valence-electron chi connectivity index (χ4n) is 5.15. The zero-order valence-corrected chi connectivity index (χ0v) is 22.5. The van der Waals surface area contributed by atoms with Crippen molar-refractivity contribution >= 4 is 45.3 Å². The van der Waals surface area contributed by atoms with Gasteiger partial charge in [0, 0.05) is 28.1 Å². The first-order chi connectivity index (χ1) is 18.8. The third kappa shape index (κ3) is 4.08. The maximum absolute atomic E-state index is 6.25. The van der Waals surface area contributed by atoms with Crippen LogP contribution in [0.5, 0.6) is 0 Å². The minimum absolute atomic E-state index is 0.372. The molecule has 4 heterocycles. The van der Waals surface area contributed by atoms with Gasteiger partial charge in [-0.3, -0.25) is 4.98 Å². The molecule has 5 nitrogen and oxygen atoms in total. The second kappa shape index (κ2) is 8.70. The summed E-state index contributed by atoms with van der Waals surface area (Å²) in [5, 5.41) is 3.22. The molecule has 39 heavy (non-hydrogen) atoms. The summed E-state index contributed by atoms with van der Waals surface area (Å²) >= 11 is 0. The highest BCUT2D eigenvalue weighted by Gasteiger charge is 2.51. The predicted molar refractivity (Wildman–Crippen MR) is 159 cm³/mol. The van der Waals surface area contributed by atoms with Crippen LogP contribution in [0.4, 0.5) is 0 Å². The summed E-state index contributed by atoms with van der Waals surface area (Å²) in [7, 11) is -0.391. The summed E-state index contributed by atoms with van der Waals surface area (Å²) in [4.78, 5) is 14.6. The van der Waals surface area contributed by atoms with Crippen LogP contribution in [0.3, 0.4) is 0 Å². The fourth-order valence-corrected chi connectivity index (χ4v) is 5.15. The van der Waals surface area contributed by atoms with Crippen LogP contribution < -0.4 is 5.46 Å². The van der Waals surface area contributed by atoms with E-state index in [0.29, 0.717) is 0 Å². The van der Waals surface area contributed by atoms with Crippen molar-refractivity contribution in [1.29, 1.82) is 0 Å². The molecule has 3 aromatic heterocycles. The highest BCUT2D eigenvalue weighted by molar-refractivity contribution is 6.62. The largest absolute Gasteiger partial charge is 0.494 e. The average Bonchev–Trinajstić information content (AvgIpc) is 3.18. The van der Waals surface area contributed by atoms with Gasteiger partial charge in [-0.15, -0.1) is 0 Å². The van der Waals surface area contributed by atoms with Crippen molar-refractivity contribution in [2.45, 2.75) is 38.9 Å². The lowest BCUT2D eigenvalue weighted by atomic mass is 9.78. The number of pyridine rings is 3.